The zero-order chi connectivity index (χ0) is 26.3. The van der Waals surface area contributed by atoms with Crippen molar-refractivity contribution in [2.45, 2.75) is 26.1 Å². The molecule has 0 aliphatic carbocycles. The van der Waals surface area contributed by atoms with Gasteiger partial charge in [0.1, 0.15) is 8.07 Å². The highest BCUT2D eigenvalue weighted by molar-refractivity contribution is 6.88. The van der Waals surface area contributed by atoms with Crippen molar-refractivity contribution in [3.05, 3.63) is 30.3 Å². The number of ether oxygens (including phenoxy) is 3. The second kappa shape index (κ2) is 11.8. The molecule has 36 heavy (non-hydrogen) atoms. The maximum Gasteiger partial charge on any atom is 0.291 e. The van der Waals surface area contributed by atoms with Crippen LogP contribution < -0.4 is 30.2 Å². The monoisotopic (exact) mass is 515 g/mol. The number of nitrogens with one attached hydrogen (secondary N) is 2. The first-order valence-electron chi connectivity index (χ1n) is 11.4. The van der Waals surface area contributed by atoms with Gasteiger partial charge in [-0.2, -0.15) is 9.97 Å². The fourth-order valence-corrected chi connectivity index (χ4v) is 3.94. The summed E-state index contributed by atoms with van der Waals surface area (Å²) >= 11 is 0. The molecule has 194 valence electrons. The molecule has 0 saturated heterocycles. The molecule has 13 heteroatoms. The highest BCUT2D eigenvalue weighted by Crippen LogP contribution is 2.33. The number of hydrogen-bond donors (Lipinski definition) is 2. The second-order valence-electron chi connectivity index (χ2n) is 9.19. The summed E-state index contributed by atoms with van der Waals surface area (Å²) in [5.41, 5.74) is 0.177. The third-order valence-electron chi connectivity index (χ3n) is 4.92. The van der Waals surface area contributed by atoms with Gasteiger partial charge in [0.15, 0.2) is 11.4 Å². The van der Waals surface area contributed by atoms with Crippen LogP contribution in [0.1, 0.15) is 17.0 Å². The highest BCUT2D eigenvalue weighted by Gasteiger charge is 2.22. The minimum atomic E-state index is -1.66. The van der Waals surface area contributed by atoms with Gasteiger partial charge in [0.25, 0.3) is 11.9 Å². The Morgan fingerprint density at radius 2 is 1.75 bits per heavy atom. The summed E-state index contributed by atoms with van der Waals surface area (Å²) in [5.74, 6) is 0.471. The van der Waals surface area contributed by atoms with Gasteiger partial charge in [-0.15, -0.1) is 0 Å². The van der Waals surface area contributed by atoms with Crippen molar-refractivity contribution in [1.29, 1.82) is 0 Å². The first kappa shape index (κ1) is 26.9. The zero-order valence-corrected chi connectivity index (χ0v) is 22.7. The Balaban J connectivity index is 1.72. The summed E-state index contributed by atoms with van der Waals surface area (Å²) in [7, 11) is 5.24. The molecule has 0 unspecified atom stereocenters. The van der Waals surface area contributed by atoms with Crippen LogP contribution in [0.3, 0.4) is 0 Å². The fourth-order valence-electron chi connectivity index (χ4n) is 3.03. The Hall–Kier alpha value is -3.71. The van der Waals surface area contributed by atoms with Crippen LogP contribution in [0.25, 0.3) is 0 Å². The lowest BCUT2D eigenvalue weighted by Gasteiger charge is -2.15. The number of hydrogen-bond acceptors (Lipinski definition) is 11. The molecule has 0 saturated carbocycles. The van der Waals surface area contributed by atoms with Crippen molar-refractivity contribution >= 4 is 30.9 Å². The third kappa shape index (κ3) is 7.15. The van der Waals surface area contributed by atoms with Crippen molar-refractivity contribution in [1.82, 2.24) is 24.8 Å². The molecule has 0 atom stereocenters. The number of carbonyl (C=O) groups excluding carboxylic acids is 1. The van der Waals surface area contributed by atoms with Gasteiger partial charge in [-0.1, -0.05) is 19.6 Å². The van der Waals surface area contributed by atoms with Crippen molar-refractivity contribution < 1.29 is 23.4 Å². The van der Waals surface area contributed by atoms with Gasteiger partial charge in [-0.05, 0) is 33.1 Å². The van der Waals surface area contributed by atoms with Crippen molar-refractivity contribution in [3.63, 3.8) is 0 Å². The molecule has 0 bridgehead atoms. The molecule has 1 amide bonds. The van der Waals surface area contributed by atoms with E-state index < -0.39 is 14.0 Å². The van der Waals surface area contributed by atoms with Crippen molar-refractivity contribution in [2.75, 3.05) is 52.0 Å². The molecule has 0 fully saturated rings. The fraction of sp³-hybridized carbons (Fsp3) is 0.435. The second-order valence-corrected chi connectivity index (χ2v) is 14.2. The Labute approximate surface area is 211 Å². The lowest BCUT2D eigenvalue weighted by Crippen LogP contribution is -2.40. The number of nitrogens with zero attached hydrogens (tertiary/aromatic N) is 5. The van der Waals surface area contributed by atoms with E-state index in [1.165, 1.54) is 32.5 Å². The number of rotatable bonds is 12. The van der Waals surface area contributed by atoms with Gasteiger partial charge in [-0.25, -0.2) is 4.98 Å². The number of aromatic nitrogens is 4. The Morgan fingerprint density at radius 3 is 2.36 bits per heavy atom. The highest BCUT2D eigenvalue weighted by atomic mass is 28.3. The van der Waals surface area contributed by atoms with E-state index in [4.69, 9.17) is 18.6 Å². The lowest BCUT2D eigenvalue weighted by molar-refractivity contribution is 0.0990. The van der Waals surface area contributed by atoms with Gasteiger partial charge in [0, 0.05) is 24.1 Å². The number of carbonyl (C=O) groups is 1. The van der Waals surface area contributed by atoms with Crippen LogP contribution in [-0.2, 0) is 0 Å². The van der Waals surface area contributed by atoms with Gasteiger partial charge in [-0.3, -0.25) is 9.78 Å². The van der Waals surface area contributed by atoms with Crippen LogP contribution in [0.4, 0.5) is 11.6 Å². The van der Waals surface area contributed by atoms with E-state index in [2.05, 4.69) is 55.1 Å². The van der Waals surface area contributed by atoms with Crippen LogP contribution in [0.15, 0.2) is 28.9 Å². The van der Waals surface area contributed by atoms with E-state index in [1.54, 1.807) is 6.20 Å². The molecule has 0 aliphatic rings. The molecule has 0 radical (unpaired) electrons. The zero-order valence-electron chi connectivity index (χ0n) is 21.7. The molecular formula is C23H33N7O5Si. The molecule has 12 nitrogen and oxygen atoms in total. The number of methoxy groups -OCH3 is 2. The van der Waals surface area contributed by atoms with Gasteiger partial charge >= 0.3 is 0 Å². The van der Waals surface area contributed by atoms with Crippen molar-refractivity contribution in [3.8, 4) is 23.6 Å². The normalized spacial score (nSPS) is 11.3. The van der Waals surface area contributed by atoms with E-state index in [0.29, 0.717) is 18.4 Å². The molecule has 3 aromatic rings. The first-order chi connectivity index (χ1) is 17.1. The number of amides is 1. The molecule has 3 rings (SSSR count). The molecule has 2 N–H and O–H groups in total. The third-order valence-corrected chi connectivity index (χ3v) is 6.70. The molecule has 0 aliphatic heterocycles. The van der Waals surface area contributed by atoms with Gasteiger partial charge < -0.3 is 34.2 Å². The number of anilines is 2. The SMILES string of the molecule is COc1nc(NCCCN(C)C)nc(OC)c1NC(=O)c1ccc(Oc2cncc([Si](C)(C)C)n2)o1. The summed E-state index contributed by atoms with van der Waals surface area (Å²) in [6, 6.07) is 3.02. The predicted octanol–water partition coefficient (Wildman–Crippen LogP) is 2.83. The molecule has 0 aromatic carbocycles. The van der Waals surface area contributed by atoms with Crippen LogP contribution in [0.5, 0.6) is 23.6 Å². The summed E-state index contributed by atoms with van der Waals surface area (Å²) in [4.78, 5) is 32.4. The van der Waals surface area contributed by atoms with E-state index in [0.717, 1.165) is 18.3 Å². The van der Waals surface area contributed by atoms with Crippen LogP contribution in [0.2, 0.25) is 19.6 Å². The maximum absolute atomic E-state index is 12.9. The van der Waals surface area contributed by atoms with Crippen LogP contribution in [0, 0.1) is 0 Å². The largest absolute Gasteiger partial charge is 0.479 e. The molecule has 3 heterocycles. The number of furan rings is 1. The van der Waals surface area contributed by atoms with Gasteiger partial charge in [0.2, 0.25) is 23.6 Å². The summed E-state index contributed by atoms with van der Waals surface area (Å²) in [6.45, 7) is 8.07. The van der Waals surface area contributed by atoms with Gasteiger partial charge in [0.05, 0.1) is 20.4 Å². The summed E-state index contributed by atoms with van der Waals surface area (Å²) in [6.07, 6.45) is 4.14. The topological polar surface area (TPSA) is 137 Å². The Kier molecular flexibility index (Phi) is 8.82. The Bertz CT molecular complexity index is 1150. The minimum Gasteiger partial charge on any atom is -0.479 e. The van der Waals surface area contributed by atoms with Crippen LogP contribution in [-0.4, -0.2) is 80.2 Å². The van der Waals surface area contributed by atoms with Crippen LogP contribution >= 0.6 is 0 Å². The summed E-state index contributed by atoms with van der Waals surface area (Å²) < 4.78 is 22.0. The average molecular weight is 516 g/mol. The van der Waals surface area contributed by atoms with E-state index >= 15 is 0 Å². The molecule has 0 spiro atoms. The smallest absolute Gasteiger partial charge is 0.291 e. The average Bonchev–Trinajstić information content (AvgIpc) is 3.30. The lowest BCUT2D eigenvalue weighted by atomic mass is 10.4. The van der Waals surface area contributed by atoms with E-state index in [-0.39, 0.29) is 29.2 Å². The first-order valence-corrected chi connectivity index (χ1v) is 14.9. The summed E-state index contributed by atoms with van der Waals surface area (Å²) in [5, 5.41) is 6.73. The predicted molar refractivity (Wildman–Crippen MR) is 139 cm³/mol. The molecule has 3 aromatic heterocycles. The standard InChI is InChI=1S/C23H33N7O5Si/c1-30(2)12-8-11-25-23-28-21(32-3)19(22(29-23)33-4)27-20(31)15-9-10-18(34-15)35-16-13-24-14-17(26-16)36(5,6)7/h9-10,13-14H,8,11-12H2,1-7H3,(H,27,31)(H,25,28,29). The van der Waals surface area contributed by atoms with Crippen molar-refractivity contribution in [2.24, 2.45) is 0 Å². The van der Waals surface area contributed by atoms with E-state index in [9.17, 15) is 4.79 Å². The molecular weight excluding hydrogens is 482 g/mol. The maximum atomic E-state index is 12.9. The van der Waals surface area contributed by atoms with E-state index in [1.807, 2.05) is 14.1 Å². The minimum absolute atomic E-state index is 0.00861. The Morgan fingerprint density at radius 1 is 1.06 bits per heavy atom. The quantitative estimate of drug-likeness (QED) is 0.272.